The lowest BCUT2D eigenvalue weighted by molar-refractivity contribution is -0.308. The summed E-state index contributed by atoms with van der Waals surface area (Å²) in [7, 11) is 0. The third-order valence-electron chi connectivity index (χ3n) is 3.87. The summed E-state index contributed by atoms with van der Waals surface area (Å²) >= 11 is 0. The Balaban J connectivity index is 2.15. The Labute approximate surface area is 109 Å². The molecule has 0 amide bonds. The van der Waals surface area contributed by atoms with E-state index in [1.165, 1.54) is 6.07 Å². The molecule has 3 atom stereocenters. The average Bonchev–Trinajstić information content (AvgIpc) is 2.85. The third kappa shape index (κ3) is 1.69. The largest absolute Gasteiger partial charge is 0.548 e. The van der Waals surface area contributed by atoms with Crippen molar-refractivity contribution in [2.75, 3.05) is 5.32 Å². The van der Waals surface area contributed by atoms with Crippen molar-refractivity contribution in [1.82, 2.24) is 0 Å². The molecule has 0 fully saturated rings. The van der Waals surface area contributed by atoms with Crippen LogP contribution in [-0.4, -0.2) is 18.0 Å². The lowest BCUT2D eigenvalue weighted by atomic mass is 9.78. The molecule has 0 saturated carbocycles. The Bertz CT molecular complexity index is 593. The third-order valence-corrected chi connectivity index (χ3v) is 3.87. The van der Waals surface area contributed by atoms with Crippen LogP contribution in [0.1, 0.15) is 28.3 Å². The SMILES string of the molecule is O=C([O-])c1cccc2c1N[C@@H](C(=O)[O-])[C@@H]1CC=C[C@H]21. The Hall–Kier alpha value is -2.30. The van der Waals surface area contributed by atoms with Crippen LogP contribution < -0.4 is 15.5 Å². The molecule has 2 aliphatic rings. The van der Waals surface area contributed by atoms with Gasteiger partial charge in [0.15, 0.2) is 0 Å². The number of hydrogen-bond donors (Lipinski definition) is 1. The second-order valence-electron chi connectivity index (χ2n) is 4.85. The molecule has 1 aromatic rings. The van der Waals surface area contributed by atoms with E-state index in [2.05, 4.69) is 5.32 Å². The summed E-state index contributed by atoms with van der Waals surface area (Å²) in [6, 6.07) is 3.99. The summed E-state index contributed by atoms with van der Waals surface area (Å²) in [5.41, 5.74) is 1.13. The van der Waals surface area contributed by atoms with Gasteiger partial charge in [-0.05, 0) is 17.9 Å². The van der Waals surface area contributed by atoms with Crippen LogP contribution in [0.3, 0.4) is 0 Å². The van der Waals surface area contributed by atoms with E-state index in [4.69, 9.17) is 0 Å². The van der Waals surface area contributed by atoms with E-state index in [-0.39, 0.29) is 17.4 Å². The standard InChI is InChI=1S/C14H13NO4/c16-13(17)10-6-2-4-8-7-3-1-5-9(7)12(14(18)19)15-11(8)10/h1-4,6-7,9,12,15H,5H2,(H,16,17)(H,18,19)/p-2/t7-,9-,12-/m1/s1. The number of carbonyl (C=O) groups excluding carboxylic acids is 2. The predicted molar refractivity (Wildman–Crippen MR) is 63.2 cm³/mol. The highest BCUT2D eigenvalue weighted by atomic mass is 16.4. The maximum absolute atomic E-state index is 11.2. The van der Waals surface area contributed by atoms with Gasteiger partial charge in [-0.2, -0.15) is 0 Å². The van der Waals surface area contributed by atoms with E-state index < -0.39 is 18.0 Å². The van der Waals surface area contributed by atoms with Crippen LogP contribution in [-0.2, 0) is 4.79 Å². The van der Waals surface area contributed by atoms with Gasteiger partial charge in [-0.25, -0.2) is 0 Å². The predicted octanol–water partition coefficient (Wildman–Crippen LogP) is -0.746. The number of aromatic carboxylic acids is 1. The first-order chi connectivity index (χ1) is 9.09. The van der Waals surface area contributed by atoms with Crippen molar-refractivity contribution in [3.8, 4) is 0 Å². The van der Waals surface area contributed by atoms with Crippen molar-refractivity contribution in [2.45, 2.75) is 18.4 Å². The molecule has 1 N–H and O–H groups in total. The molecule has 98 valence electrons. The van der Waals surface area contributed by atoms with E-state index in [9.17, 15) is 19.8 Å². The summed E-state index contributed by atoms with van der Waals surface area (Å²) in [6.07, 6.45) is 4.50. The minimum absolute atomic E-state index is 0.0116. The summed E-state index contributed by atoms with van der Waals surface area (Å²) < 4.78 is 0. The number of carboxylic acid groups (broad SMARTS) is 2. The fourth-order valence-corrected chi connectivity index (χ4v) is 3.02. The van der Waals surface area contributed by atoms with Crippen LogP contribution in [0, 0.1) is 5.92 Å². The van der Waals surface area contributed by atoms with Crippen molar-refractivity contribution >= 4 is 17.6 Å². The van der Waals surface area contributed by atoms with Gasteiger partial charge in [-0.1, -0.05) is 30.4 Å². The van der Waals surface area contributed by atoms with Crippen LogP contribution in [0.2, 0.25) is 0 Å². The van der Waals surface area contributed by atoms with Crippen LogP contribution in [0.15, 0.2) is 30.4 Å². The number of benzene rings is 1. The second kappa shape index (κ2) is 4.12. The lowest BCUT2D eigenvalue weighted by Crippen LogP contribution is -2.49. The van der Waals surface area contributed by atoms with Gasteiger partial charge in [-0.3, -0.25) is 0 Å². The van der Waals surface area contributed by atoms with E-state index >= 15 is 0 Å². The molecular formula is C14H11NO4-2. The van der Waals surface area contributed by atoms with E-state index in [0.29, 0.717) is 12.1 Å². The van der Waals surface area contributed by atoms with Crippen LogP contribution in [0.25, 0.3) is 0 Å². The van der Waals surface area contributed by atoms with Gasteiger partial charge in [0.25, 0.3) is 0 Å². The minimum atomic E-state index is -1.32. The molecule has 5 nitrogen and oxygen atoms in total. The lowest BCUT2D eigenvalue weighted by Gasteiger charge is -2.38. The number of carbonyl (C=O) groups is 2. The van der Waals surface area contributed by atoms with Crippen molar-refractivity contribution in [3.63, 3.8) is 0 Å². The quantitative estimate of drug-likeness (QED) is 0.704. The molecule has 0 saturated heterocycles. The summed E-state index contributed by atoms with van der Waals surface area (Å²) in [6.45, 7) is 0. The molecule has 0 aromatic heterocycles. The molecule has 1 aliphatic heterocycles. The minimum Gasteiger partial charge on any atom is -0.548 e. The monoisotopic (exact) mass is 257 g/mol. The molecular weight excluding hydrogens is 246 g/mol. The highest BCUT2D eigenvalue weighted by molar-refractivity contribution is 5.95. The Morgan fingerprint density at radius 2 is 2.05 bits per heavy atom. The molecule has 1 aromatic carbocycles. The number of fused-ring (bicyclic) bond motifs is 3. The summed E-state index contributed by atoms with van der Waals surface area (Å²) in [5, 5.41) is 25.1. The molecule has 1 aliphatic carbocycles. The number of rotatable bonds is 2. The normalized spacial score (nSPS) is 27.3. The Kier molecular flexibility index (Phi) is 2.55. The van der Waals surface area contributed by atoms with Crippen molar-refractivity contribution in [1.29, 1.82) is 0 Å². The van der Waals surface area contributed by atoms with Gasteiger partial charge in [0.1, 0.15) is 0 Å². The second-order valence-corrected chi connectivity index (χ2v) is 4.85. The van der Waals surface area contributed by atoms with E-state index in [0.717, 1.165) is 5.56 Å². The fourth-order valence-electron chi connectivity index (χ4n) is 3.02. The molecule has 0 bridgehead atoms. The number of allylic oxidation sites excluding steroid dienone is 2. The topological polar surface area (TPSA) is 92.3 Å². The number of nitrogens with one attached hydrogen (secondary N) is 1. The first-order valence-corrected chi connectivity index (χ1v) is 6.08. The van der Waals surface area contributed by atoms with Crippen LogP contribution in [0.5, 0.6) is 0 Å². The summed E-state index contributed by atoms with van der Waals surface area (Å²) in [4.78, 5) is 22.3. The fraction of sp³-hybridized carbons (Fsp3) is 0.286. The Morgan fingerprint density at radius 3 is 2.74 bits per heavy atom. The zero-order valence-electron chi connectivity index (χ0n) is 9.96. The van der Waals surface area contributed by atoms with Gasteiger partial charge < -0.3 is 25.1 Å². The maximum atomic E-state index is 11.2. The number of hydrogen-bond acceptors (Lipinski definition) is 5. The van der Waals surface area contributed by atoms with Crippen molar-refractivity contribution < 1.29 is 19.8 Å². The Morgan fingerprint density at radius 1 is 1.26 bits per heavy atom. The highest BCUT2D eigenvalue weighted by Crippen LogP contribution is 2.45. The van der Waals surface area contributed by atoms with Crippen molar-refractivity contribution in [2.24, 2.45) is 5.92 Å². The zero-order valence-corrected chi connectivity index (χ0v) is 9.96. The number of aliphatic carboxylic acids is 1. The molecule has 3 rings (SSSR count). The van der Waals surface area contributed by atoms with E-state index in [1.807, 2.05) is 18.2 Å². The number of anilines is 1. The smallest absolute Gasteiger partial charge is 0.0736 e. The van der Waals surface area contributed by atoms with Gasteiger partial charge in [0.05, 0.1) is 18.0 Å². The van der Waals surface area contributed by atoms with Gasteiger partial charge in [-0.15, -0.1) is 0 Å². The number of para-hydroxylation sites is 1. The van der Waals surface area contributed by atoms with Crippen molar-refractivity contribution in [3.05, 3.63) is 41.5 Å². The molecule has 19 heavy (non-hydrogen) atoms. The molecule has 1 heterocycles. The number of carboxylic acids is 2. The summed E-state index contributed by atoms with van der Waals surface area (Å²) in [5.74, 6) is -2.74. The first kappa shape index (κ1) is 11.8. The zero-order chi connectivity index (χ0) is 13.6. The van der Waals surface area contributed by atoms with Gasteiger partial charge in [0.2, 0.25) is 0 Å². The van der Waals surface area contributed by atoms with E-state index in [1.54, 1.807) is 6.07 Å². The van der Waals surface area contributed by atoms with Crippen LogP contribution in [0.4, 0.5) is 5.69 Å². The van der Waals surface area contributed by atoms with Gasteiger partial charge >= 0.3 is 0 Å². The van der Waals surface area contributed by atoms with Gasteiger partial charge in [0, 0.05) is 17.2 Å². The average molecular weight is 257 g/mol. The maximum Gasteiger partial charge on any atom is 0.0736 e. The highest BCUT2D eigenvalue weighted by Gasteiger charge is 2.38. The molecule has 0 radical (unpaired) electrons. The molecule has 0 spiro atoms. The molecule has 0 unspecified atom stereocenters. The molecule has 5 heteroatoms. The van der Waals surface area contributed by atoms with Crippen LogP contribution >= 0.6 is 0 Å². The first-order valence-electron chi connectivity index (χ1n) is 6.08.